The Kier molecular flexibility index (Phi) is 4.03. The first kappa shape index (κ1) is 14.6. The zero-order chi connectivity index (χ0) is 14.9. The number of esters is 1. The monoisotopic (exact) mass is 287 g/mol. The van der Waals surface area contributed by atoms with E-state index in [4.69, 9.17) is 4.74 Å². The number of ether oxygens (including phenoxy) is 1. The molecule has 2 fully saturated rings. The van der Waals surface area contributed by atoms with Gasteiger partial charge in [-0.1, -0.05) is 43.7 Å². The Morgan fingerprint density at radius 1 is 1.33 bits per heavy atom. The summed E-state index contributed by atoms with van der Waals surface area (Å²) in [6.45, 7) is 2.87. The lowest BCUT2D eigenvalue weighted by Crippen LogP contribution is -2.54. The molecule has 0 N–H and O–H groups in total. The average Bonchev–Trinajstić information content (AvgIpc) is 3.02. The van der Waals surface area contributed by atoms with Crippen LogP contribution in [-0.4, -0.2) is 30.5 Å². The van der Waals surface area contributed by atoms with Gasteiger partial charge in [0.05, 0.1) is 0 Å². The minimum absolute atomic E-state index is 0.0749. The fraction of sp³-hybridized carbons (Fsp3) is 0.611. The van der Waals surface area contributed by atoms with E-state index in [9.17, 15) is 4.79 Å². The van der Waals surface area contributed by atoms with Crippen molar-refractivity contribution in [3.05, 3.63) is 35.9 Å². The highest BCUT2D eigenvalue weighted by molar-refractivity contribution is 5.69. The summed E-state index contributed by atoms with van der Waals surface area (Å²) in [6.07, 6.45) is 4.96. The zero-order valence-corrected chi connectivity index (χ0v) is 13.0. The third kappa shape index (κ3) is 2.48. The first-order valence-electron chi connectivity index (χ1n) is 8.15. The van der Waals surface area contributed by atoms with Crippen molar-refractivity contribution in [3.63, 3.8) is 0 Å². The minimum Gasteiger partial charge on any atom is -0.454 e. The van der Waals surface area contributed by atoms with Gasteiger partial charge in [-0.05, 0) is 25.5 Å². The topological polar surface area (TPSA) is 29.5 Å². The fourth-order valence-corrected chi connectivity index (χ4v) is 4.25. The number of carbonyl (C=O) groups is 1. The average molecular weight is 287 g/mol. The summed E-state index contributed by atoms with van der Waals surface area (Å²) < 4.78 is 6.11. The molecule has 21 heavy (non-hydrogen) atoms. The van der Waals surface area contributed by atoms with Crippen LogP contribution < -0.4 is 0 Å². The number of piperidine rings is 1. The van der Waals surface area contributed by atoms with E-state index >= 15 is 0 Å². The summed E-state index contributed by atoms with van der Waals surface area (Å²) in [7, 11) is 2.21. The number of carbonyl (C=O) groups excluding carboxylic acids is 1. The predicted molar refractivity (Wildman–Crippen MR) is 82.9 cm³/mol. The summed E-state index contributed by atoms with van der Waals surface area (Å²) in [6, 6.07) is 10.9. The third-order valence-electron chi connectivity index (χ3n) is 5.33. The standard InChI is InChI=1S/C18H25NO2/c1-3-17(20)21-18(14-8-5-4-6-9-14)12-13-19(2)16-11-7-10-15(16)18/h4-6,8-9,15-16H,3,7,10-13H2,1-2H3/t15-,16-,18+/m1/s1. The number of rotatable bonds is 3. The highest BCUT2D eigenvalue weighted by atomic mass is 16.6. The summed E-state index contributed by atoms with van der Waals surface area (Å²) in [5.41, 5.74) is 0.763. The van der Waals surface area contributed by atoms with Gasteiger partial charge in [0.25, 0.3) is 0 Å². The minimum atomic E-state index is -0.415. The first-order valence-corrected chi connectivity index (χ1v) is 8.15. The molecule has 0 unspecified atom stereocenters. The number of nitrogens with zero attached hydrogens (tertiary/aromatic N) is 1. The number of fused-ring (bicyclic) bond motifs is 1. The number of hydrogen-bond acceptors (Lipinski definition) is 3. The van der Waals surface area contributed by atoms with E-state index in [2.05, 4.69) is 36.2 Å². The largest absolute Gasteiger partial charge is 0.454 e. The maximum atomic E-state index is 12.1. The number of benzene rings is 1. The Morgan fingerprint density at radius 2 is 2.10 bits per heavy atom. The molecule has 0 radical (unpaired) electrons. The molecule has 114 valence electrons. The molecule has 3 atom stereocenters. The smallest absolute Gasteiger partial charge is 0.306 e. The van der Waals surface area contributed by atoms with Crippen LogP contribution in [0.15, 0.2) is 30.3 Å². The summed E-state index contributed by atoms with van der Waals surface area (Å²) >= 11 is 0. The second-order valence-electron chi connectivity index (χ2n) is 6.42. The van der Waals surface area contributed by atoms with E-state index in [1.54, 1.807) is 0 Å². The van der Waals surface area contributed by atoms with Crippen LogP contribution in [0.1, 0.15) is 44.6 Å². The first-order chi connectivity index (χ1) is 10.2. The molecular formula is C18H25NO2. The lowest BCUT2D eigenvalue weighted by atomic mass is 9.73. The Morgan fingerprint density at radius 3 is 2.81 bits per heavy atom. The lowest BCUT2D eigenvalue weighted by Gasteiger charge is -2.49. The highest BCUT2D eigenvalue weighted by Crippen LogP contribution is 2.50. The lowest BCUT2D eigenvalue weighted by molar-refractivity contribution is -0.179. The molecule has 1 aliphatic heterocycles. The van der Waals surface area contributed by atoms with E-state index in [0.29, 0.717) is 18.4 Å². The fourth-order valence-electron chi connectivity index (χ4n) is 4.25. The molecule has 0 aromatic heterocycles. The molecule has 3 heteroatoms. The van der Waals surface area contributed by atoms with Gasteiger partial charge in [-0.3, -0.25) is 4.79 Å². The van der Waals surface area contributed by atoms with Crippen molar-refractivity contribution < 1.29 is 9.53 Å². The quantitative estimate of drug-likeness (QED) is 0.799. The maximum Gasteiger partial charge on any atom is 0.306 e. The molecule has 1 aromatic carbocycles. The van der Waals surface area contributed by atoms with Crippen LogP contribution in [0.4, 0.5) is 0 Å². The van der Waals surface area contributed by atoms with Gasteiger partial charge in [0.1, 0.15) is 5.60 Å². The van der Waals surface area contributed by atoms with Crippen molar-refractivity contribution in [3.8, 4) is 0 Å². The van der Waals surface area contributed by atoms with Crippen LogP contribution in [0.2, 0.25) is 0 Å². The molecule has 0 amide bonds. The van der Waals surface area contributed by atoms with Crippen LogP contribution >= 0.6 is 0 Å². The van der Waals surface area contributed by atoms with Gasteiger partial charge in [0, 0.05) is 31.3 Å². The molecular weight excluding hydrogens is 262 g/mol. The van der Waals surface area contributed by atoms with E-state index in [0.717, 1.165) is 19.4 Å². The SMILES string of the molecule is CCC(=O)O[C@]1(c2ccccc2)CCN(C)[C@@H]2CCC[C@H]21. The molecule has 1 aliphatic carbocycles. The van der Waals surface area contributed by atoms with Crippen LogP contribution in [0, 0.1) is 5.92 Å². The predicted octanol–water partition coefficient (Wildman–Crippen LogP) is 3.34. The molecule has 3 nitrogen and oxygen atoms in total. The molecule has 1 heterocycles. The van der Waals surface area contributed by atoms with Gasteiger partial charge < -0.3 is 9.64 Å². The van der Waals surface area contributed by atoms with Crippen LogP contribution in [0.5, 0.6) is 0 Å². The van der Waals surface area contributed by atoms with Crippen LogP contribution in [0.25, 0.3) is 0 Å². The second-order valence-corrected chi connectivity index (χ2v) is 6.42. The van der Waals surface area contributed by atoms with Crippen molar-refractivity contribution in [1.29, 1.82) is 0 Å². The molecule has 1 aromatic rings. The normalized spacial score (nSPS) is 32.7. The van der Waals surface area contributed by atoms with Crippen molar-refractivity contribution in [2.75, 3.05) is 13.6 Å². The number of likely N-dealkylation sites (tertiary alicyclic amines) is 1. The number of hydrogen-bond donors (Lipinski definition) is 0. The molecule has 0 bridgehead atoms. The van der Waals surface area contributed by atoms with E-state index in [-0.39, 0.29) is 5.97 Å². The maximum absolute atomic E-state index is 12.1. The van der Waals surface area contributed by atoms with Crippen LogP contribution in [0.3, 0.4) is 0 Å². The van der Waals surface area contributed by atoms with Crippen molar-refractivity contribution in [2.24, 2.45) is 5.92 Å². The van der Waals surface area contributed by atoms with Crippen molar-refractivity contribution >= 4 is 5.97 Å². The zero-order valence-electron chi connectivity index (χ0n) is 13.0. The van der Waals surface area contributed by atoms with Gasteiger partial charge in [-0.25, -0.2) is 0 Å². The molecule has 1 saturated heterocycles. The van der Waals surface area contributed by atoms with Gasteiger partial charge >= 0.3 is 5.97 Å². The van der Waals surface area contributed by atoms with Crippen LogP contribution in [-0.2, 0) is 15.1 Å². The molecule has 3 rings (SSSR count). The van der Waals surface area contributed by atoms with Gasteiger partial charge in [0.15, 0.2) is 0 Å². The van der Waals surface area contributed by atoms with E-state index in [1.165, 1.54) is 18.4 Å². The second kappa shape index (κ2) is 5.80. The van der Waals surface area contributed by atoms with Crippen molar-refractivity contribution in [1.82, 2.24) is 4.90 Å². The van der Waals surface area contributed by atoms with Gasteiger partial charge in [0.2, 0.25) is 0 Å². The van der Waals surface area contributed by atoms with E-state index < -0.39 is 5.60 Å². The molecule has 0 spiro atoms. The van der Waals surface area contributed by atoms with E-state index in [1.807, 2.05) is 13.0 Å². The molecule has 2 aliphatic rings. The Bertz CT molecular complexity index is 501. The van der Waals surface area contributed by atoms with Crippen molar-refractivity contribution in [2.45, 2.75) is 50.7 Å². The molecule has 1 saturated carbocycles. The van der Waals surface area contributed by atoms with Gasteiger partial charge in [-0.15, -0.1) is 0 Å². The highest BCUT2D eigenvalue weighted by Gasteiger charge is 2.52. The third-order valence-corrected chi connectivity index (χ3v) is 5.33. The Labute approximate surface area is 127 Å². The summed E-state index contributed by atoms with van der Waals surface area (Å²) in [5.74, 6) is 0.350. The summed E-state index contributed by atoms with van der Waals surface area (Å²) in [5, 5.41) is 0. The Balaban J connectivity index is 2.02. The van der Waals surface area contributed by atoms with Gasteiger partial charge in [-0.2, -0.15) is 0 Å². The summed E-state index contributed by atoms with van der Waals surface area (Å²) in [4.78, 5) is 14.5. The Hall–Kier alpha value is -1.35.